The summed E-state index contributed by atoms with van der Waals surface area (Å²) in [4.78, 5) is 31.9. The minimum absolute atomic E-state index is 0.0607. The van der Waals surface area contributed by atoms with Gasteiger partial charge >= 0.3 is 0 Å². The molecule has 0 radical (unpaired) electrons. The lowest BCUT2D eigenvalue weighted by molar-refractivity contribution is -0.132. The van der Waals surface area contributed by atoms with E-state index in [1.807, 2.05) is 25.7 Å². The molecule has 0 aromatic carbocycles. The fraction of sp³-hybridized carbons (Fsp3) is 0.900. The number of amides is 2. The van der Waals surface area contributed by atoms with Gasteiger partial charge in [0.05, 0.1) is 5.92 Å². The molecule has 1 atom stereocenters. The van der Waals surface area contributed by atoms with Crippen molar-refractivity contribution in [1.29, 1.82) is 0 Å². The topological polar surface area (TPSA) is 55.9 Å². The van der Waals surface area contributed by atoms with Crippen LogP contribution in [0, 0.1) is 5.92 Å². The minimum atomic E-state index is -0.210. The highest BCUT2D eigenvalue weighted by Gasteiger charge is 2.43. The van der Waals surface area contributed by atoms with Crippen molar-refractivity contribution in [2.24, 2.45) is 5.92 Å². The number of nitrogens with one attached hydrogen (secondary N) is 1. The molecule has 1 saturated carbocycles. The molecule has 1 aliphatic carbocycles. The Morgan fingerprint density at radius 3 is 2.31 bits per heavy atom. The number of hydrogen-bond donors (Lipinski definition) is 1. The Morgan fingerprint density at radius 2 is 1.77 bits per heavy atom. The van der Waals surface area contributed by atoms with E-state index >= 15 is 0 Å². The van der Waals surface area contributed by atoms with Crippen LogP contribution in [-0.2, 0) is 9.59 Å². The summed E-state index contributed by atoms with van der Waals surface area (Å²) >= 11 is 0. The van der Waals surface area contributed by atoms with E-state index in [1.165, 1.54) is 25.7 Å². The SMILES string of the molecule is CN1CCN(C2(CNC(=O)C3CC(=O)N(C(C)(C)C)C3)CCCC2)CC1. The van der Waals surface area contributed by atoms with Crippen molar-refractivity contribution in [3.8, 4) is 0 Å². The number of hydrogen-bond acceptors (Lipinski definition) is 4. The molecule has 2 aliphatic heterocycles. The molecule has 6 nitrogen and oxygen atoms in total. The third-order valence-corrected chi connectivity index (χ3v) is 6.61. The summed E-state index contributed by atoms with van der Waals surface area (Å²) < 4.78 is 0. The summed E-state index contributed by atoms with van der Waals surface area (Å²) in [5, 5.41) is 3.24. The Kier molecular flexibility index (Phi) is 5.63. The first-order chi connectivity index (χ1) is 12.2. The molecule has 148 valence electrons. The molecule has 3 rings (SSSR count). The molecule has 0 bridgehead atoms. The van der Waals surface area contributed by atoms with Gasteiger partial charge in [-0.15, -0.1) is 0 Å². The van der Waals surface area contributed by atoms with Gasteiger partial charge in [-0.1, -0.05) is 12.8 Å². The summed E-state index contributed by atoms with van der Waals surface area (Å²) in [6.07, 6.45) is 5.21. The van der Waals surface area contributed by atoms with Gasteiger partial charge in [-0.3, -0.25) is 14.5 Å². The molecule has 2 heterocycles. The lowest BCUT2D eigenvalue weighted by atomic mass is 9.93. The van der Waals surface area contributed by atoms with Crippen LogP contribution in [-0.4, -0.2) is 83.9 Å². The Morgan fingerprint density at radius 1 is 1.15 bits per heavy atom. The summed E-state index contributed by atoms with van der Waals surface area (Å²) in [5.74, 6) is -0.0366. The third-order valence-electron chi connectivity index (χ3n) is 6.61. The van der Waals surface area contributed by atoms with Gasteiger partial charge in [0.15, 0.2) is 0 Å². The number of piperazine rings is 1. The quantitative estimate of drug-likeness (QED) is 0.817. The normalized spacial score (nSPS) is 27.9. The maximum Gasteiger partial charge on any atom is 0.225 e. The van der Waals surface area contributed by atoms with Crippen LogP contribution in [0.3, 0.4) is 0 Å². The summed E-state index contributed by atoms with van der Waals surface area (Å²) in [5.41, 5.74) is -0.0815. The molecule has 0 aromatic heterocycles. The first-order valence-electron chi connectivity index (χ1n) is 10.2. The van der Waals surface area contributed by atoms with Crippen LogP contribution in [0.15, 0.2) is 0 Å². The van der Waals surface area contributed by atoms with E-state index in [0.29, 0.717) is 13.0 Å². The first-order valence-corrected chi connectivity index (χ1v) is 10.2. The fourth-order valence-electron chi connectivity index (χ4n) is 4.85. The van der Waals surface area contributed by atoms with Gasteiger partial charge in [0.25, 0.3) is 0 Å². The van der Waals surface area contributed by atoms with Crippen LogP contribution in [0.1, 0.15) is 52.9 Å². The second kappa shape index (κ2) is 7.47. The zero-order chi connectivity index (χ0) is 18.9. The zero-order valence-electron chi connectivity index (χ0n) is 17.0. The molecular weight excluding hydrogens is 328 g/mol. The number of rotatable bonds is 4. The maximum atomic E-state index is 12.8. The second-order valence-electron chi connectivity index (χ2n) is 9.52. The summed E-state index contributed by atoms with van der Waals surface area (Å²) in [7, 11) is 2.18. The van der Waals surface area contributed by atoms with E-state index in [1.54, 1.807) is 0 Å². The molecule has 26 heavy (non-hydrogen) atoms. The van der Waals surface area contributed by atoms with Crippen LogP contribution >= 0.6 is 0 Å². The van der Waals surface area contributed by atoms with Gasteiger partial charge in [-0.25, -0.2) is 0 Å². The lowest BCUT2D eigenvalue weighted by Crippen LogP contribution is -2.60. The molecule has 2 saturated heterocycles. The molecule has 1 N–H and O–H groups in total. The van der Waals surface area contributed by atoms with Crippen molar-refractivity contribution in [3.63, 3.8) is 0 Å². The molecular formula is C20H36N4O2. The maximum absolute atomic E-state index is 12.8. The van der Waals surface area contributed by atoms with Crippen molar-refractivity contribution < 1.29 is 9.59 Å². The predicted octanol–water partition coefficient (Wildman–Crippen LogP) is 1.31. The van der Waals surface area contributed by atoms with Gasteiger partial charge in [-0.2, -0.15) is 0 Å². The first kappa shape index (κ1) is 19.6. The fourth-order valence-corrected chi connectivity index (χ4v) is 4.85. The number of likely N-dealkylation sites (N-methyl/N-ethyl adjacent to an activating group) is 1. The van der Waals surface area contributed by atoms with Crippen LogP contribution < -0.4 is 5.32 Å². The molecule has 0 aromatic rings. The van der Waals surface area contributed by atoms with Crippen molar-refractivity contribution in [3.05, 3.63) is 0 Å². The predicted molar refractivity (Wildman–Crippen MR) is 103 cm³/mol. The van der Waals surface area contributed by atoms with Crippen molar-refractivity contribution in [1.82, 2.24) is 20.0 Å². The van der Waals surface area contributed by atoms with E-state index in [0.717, 1.165) is 32.7 Å². The van der Waals surface area contributed by atoms with Crippen molar-refractivity contribution in [2.45, 2.75) is 64.0 Å². The van der Waals surface area contributed by atoms with E-state index in [4.69, 9.17) is 0 Å². The average molecular weight is 365 g/mol. The van der Waals surface area contributed by atoms with Gasteiger partial charge in [0.1, 0.15) is 0 Å². The largest absolute Gasteiger partial charge is 0.354 e. The Hall–Kier alpha value is -1.14. The van der Waals surface area contributed by atoms with Gasteiger partial charge < -0.3 is 15.1 Å². The third kappa shape index (κ3) is 4.06. The number of carbonyl (C=O) groups excluding carboxylic acids is 2. The second-order valence-corrected chi connectivity index (χ2v) is 9.52. The number of nitrogens with zero attached hydrogens (tertiary/aromatic N) is 3. The Balaban J connectivity index is 1.58. The van der Waals surface area contributed by atoms with Crippen molar-refractivity contribution >= 4 is 11.8 Å². The average Bonchev–Trinajstić information content (AvgIpc) is 3.20. The summed E-state index contributed by atoms with van der Waals surface area (Å²) in [6, 6.07) is 0. The molecule has 2 amide bonds. The van der Waals surface area contributed by atoms with Crippen LogP contribution in [0.4, 0.5) is 0 Å². The zero-order valence-corrected chi connectivity index (χ0v) is 17.0. The molecule has 3 fully saturated rings. The summed E-state index contributed by atoms with van der Waals surface area (Å²) in [6.45, 7) is 11.8. The smallest absolute Gasteiger partial charge is 0.225 e. The van der Waals surface area contributed by atoms with Crippen LogP contribution in [0.25, 0.3) is 0 Å². The number of carbonyl (C=O) groups is 2. The van der Waals surface area contributed by atoms with Gasteiger partial charge in [0, 0.05) is 56.8 Å². The highest BCUT2D eigenvalue weighted by Crippen LogP contribution is 2.35. The highest BCUT2D eigenvalue weighted by atomic mass is 16.2. The van der Waals surface area contributed by atoms with E-state index in [9.17, 15) is 9.59 Å². The van der Waals surface area contributed by atoms with Crippen LogP contribution in [0.5, 0.6) is 0 Å². The van der Waals surface area contributed by atoms with Gasteiger partial charge in [0.2, 0.25) is 11.8 Å². The molecule has 6 heteroatoms. The highest BCUT2D eigenvalue weighted by molar-refractivity contribution is 5.89. The minimum Gasteiger partial charge on any atom is -0.354 e. The van der Waals surface area contributed by atoms with Gasteiger partial charge in [-0.05, 0) is 40.7 Å². The lowest BCUT2D eigenvalue weighted by Gasteiger charge is -2.45. The number of likely N-dealkylation sites (tertiary alicyclic amines) is 1. The van der Waals surface area contributed by atoms with Crippen molar-refractivity contribution in [2.75, 3.05) is 46.3 Å². The molecule has 0 spiro atoms. The standard InChI is InChI=1S/C20H36N4O2/c1-19(2,3)24-14-16(13-17(24)25)18(26)21-15-20(7-5-6-8-20)23-11-9-22(4)10-12-23/h16H,5-15H2,1-4H3,(H,21,26). The van der Waals surface area contributed by atoms with E-state index < -0.39 is 0 Å². The molecule has 3 aliphatic rings. The monoisotopic (exact) mass is 364 g/mol. The molecule has 1 unspecified atom stereocenters. The van der Waals surface area contributed by atoms with Crippen LogP contribution in [0.2, 0.25) is 0 Å². The van der Waals surface area contributed by atoms with E-state index in [-0.39, 0.29) is 28.8 Å². The Labute approximate surface area is 158 Å². The van der Waals surface area contributed by atoms with E-state index in [2.05, 4.69) is 22.2 Å². The Bertz CT molecular complexity index is 528.